The molecular formula is C14H22O3. The smallest absolute Gasteiger partial charge is 0.341 e. The Labute approximate surface area is 103 Å². The molecule has 1 rings (SSSR count). The standard InChI is InChI=1S/C12H16O3.C2H6/c1-3-9(2)10-5-4-6-11(7-10)15-8-12(13)14;1-2/h4-7,9H,3,8H2,1-2H3,(H,13,14);1-2H3. The first-order valence-corrected chi connectivity index (χ1v) is 6.08. The molecule has 0 aliphatic rings. The van der Waals surface area contributed by atoms with E-state index in [1.165, 1.54) is 5.56 Å². The number of carbonyl (C=O) groups is 1. The molecule has 0 radical (unpaired) electrons. The van der Waals surface area contributed by atoms with Crippen LogP contribution in [0.25, 0.3) is 0 Å². The van der Waals surface area contributed by atoms with Gasteiger partial charge in [-0.3, -0.25) is 0 Å². The number of aliphatic carboxylic acids is 1. The molecule has 0 fully saturated rings. The topological polar surface area (TPSA) is 46.5 Å². The zero-order valence-electron chi connectivity index (χ0n) is 11.1. The molecule has 0 saturated heterocycles. The molecule has 0 amide bonds. The Kier molecular flexibility index (Phi) is 7.85. The molecule has 17 heavy (non-hydrogen) atoms. The van der Waals surface area contributed by atoms with Crippen molar-refractivity contribution in [3.63, 3.8) is 0 Å². The summed E-state index contributed by atoms with van der Waals surface area (Å²) < 4.78 is 5.10. The fraction of sp³-hybridized carbons (Fsp3) is 0.500. The molecule has 3 nitrogen and oxygen atoms in total. The predicted molar refractivity (Wildman–Crippen MR) is 69.6 cm³/mol. The number of hydrogen-bond acceptors (Lipinski definition) is 2. The summed E-state index contributed by atoms with van der Waals surface area (Å²) in [5.74, 6) is 0.137. The van der Waals surface area contributed by atoms with Crippen LogP contribution in [0.4, 0.5) is 0 Å². The SMILES string of the molecule is CC.CCC(C)c1cccc(OCC(=O)O)c1. The van der Waals surface area contributed by atoms with Crippen molar-refractivity contribution in [1.29, 1.82) is 0 Å². The van der Waals surface area contributed by atoms with Crippen LogP contribution in [0.15, 0.2) is 24.3 Å². The van der Waals surface area contributed by atoms with Crippen LogP contribution in [0.3, 0.4) is 0 Å². The van der Waals surface area contributed by atoms with Crippen molar-refractivity contribution in [2.75, 3.05) is 6.61 Å². The summed E-state index contributed by atoms with van der Waals surface area (Å²) in [5, 5.41) is 8.47. The van der Waals surface area contributed by atoms with E-state index in [1.807, 2.05) is 32.0 Å². The number of ether oxygens (including phenoxy) is 1. The van der Waals surface area contributed by atoms with Crippen molar-refractivity contribution in [2.45, 2.75) is 40.0 Å². The molecule has 3 heteroatoms. The lowest BCUT2D eigenvalue weighted by Crippen LogP contribution is -2.09. The number of benzene rings is 1. The van der Waals surface area contributed by atoms with E-state index in [0.717, 1.165) is 6.42 Å². The third kappa shape index (κ3) is 5.95. The molecule has 0 saturated carbocycles. The number of carboxylic acids is 1. The lowest BCUT2D eigenvalue weighted by molar-refractivity contribution is -0.139. The normalized spacial score (nSPS) is 11.1. The number of rotatable bonds is 5. The first-order chi connectivity index (χ1) is 8.13. The van der Waals surface area contributed by atoms with Gasteiger partial charge in [0.1, 0.15) is 5.75 Å². The molecule has 0 spiro atoms. The molecule has 0 aliphatic heterocycles. The maximum atomic E-state index is 10.3. The van der Waals surface area contributed by atoms with Crippen LogP contribution in [0.5, 0.6) is 5.75 Å². The van der Waals surface area contributed by atoms with Crippen LogP contribution in [0, 0.1) is 0 Å². The van der Waals surface area contributed by atoms with Gasteiger partial charge in [0, 0.05) is 0 Å². The van der Waals surface area contributed by atoms with Gasteiger partial charge in [-0.2, -0.15) is 0 Å². The van der Waals surface area contributed by atoms with Gasteiger partial charge in [-0.25, -0.2) is 4.79 Å². The molecule has 0 aromatic heterocycles. The van der Waals surface area contributed by atoms with E-state index in [1.54, 1.807) is 6.07 Å². The van der Waals surface area contributed by atoms with Gasteiger partial charge in [-0.05, 0) is 30.0 Å². The van der Waals surface area contributed by atoms with E-state index < -0.39 is 5.97 Å². The largest absolute Gasteiger partial charge is 0.482 e. The summed E-state index contributed by atoms with van der Waals surface area (Å²) in [6.45, 7) is 7.97. The van der Waals surface area contributed by atoms with E-state index in [4.69, 9.17) is 9.84 Å². The highest BCUT2D eigenvalue weighted by Gasteiger charge is 2.04. The van der Waals surface area contributed by atoms with E-state index >= 15 is 0 Å². The van der Waals surface area contributed by atoms with Crippen molar-refractivity contribution >= 4 is 5.97 Å². The first-order valence-electron chi connectivity index (χ1n) is 6.08. The molecule has 0 heterocycles. The van der Waals surface area contributed by atoms with E-state index in [0.29, 0.717) is 11.7 Å². The van der Waals surface area contributed by atoms with Crippen molar-refractivity contribution in [2.24, 2.45) is 0 Å². The zero-order valence-corrected chi connectivity index (χ0v) is 11.1. The van der Waals surface area contributed by atoms with Crippen LogP contribution in [0.1, 0.15) is 45.6 Å². The molecular weight excluding hydrogens is 216 g/mol. The van der Waals surface area contributed by atoms with Crippen LogP contribution >= 0.6 is 0 Å². The predicted octanol–water partition coefficient (Wildman–Crippen LogP) is 3.69. The average Bonchev–Trinajstić information content (AvgIpc) is 2.38. The lowest BCUT2D eigenvalue weighted by atomic mass is 9.99. The van der Waals surface area contributed by atoms with Gasteiger partial charge >= 0.3 is 5.97 Å². The van der Waals surface area contributed by atoms with Crippen LogP contribution < -0.4 is 4.74 Å². The molecule has 1 N–H and O–H groups in total. The minimum Gasteiger partial charge on any atom is -0.482 e. The lowest BCUT2D eigenvalue weighted by Gasteiger charge is -2.10. The second kappa shape index (κ2) is 8.62. The van der Waals surface area contributed by atoms with Gasteiger partial charge in [-0.1, -0.05) is 39.8 Å². The van der Waals surface area contributed by atoms with Gasteiger partial charge in [0.25, 0.3) is 0 Å². The van der Waals surface area contributed by atoms with E-state index in [2.05, 4.69) is 13.8 Å². The van der Waals surface area contributed by atoms with Crippen molar-refractivity contribution < 1.29 is 14.6 Å². The molecule has 1 aromatic carbocycles. The Morgan fingerprint density at radius 2 is 2.06 bits per heavy atom. The third-order valence-corrected chi connectivity index (χ3v) is 2.40. The quantitative estimate of drug-likeness (QED) is 0.851. The Balaban J connectivity index is 0.00000121. The maximum Gasteiger partial charge on any atom is 0.341 e. The highest BCUT2D eigenvalue weighted by molar-refractivity contribution is 5.68. The monoisotopic (exact) mass is 238 g/mol. The van der Waals surface area contributed by atoms with Gasteiger partial charge < -0.3 is 9.84 Å². The molecule has 1 aromatic rings. The summed E-state index contributed by atoms with van der Waals surface area (Å²) >= 11 is 0. The summed E-state index contributed by atoms with van der Waals surface area (Å²) in [6, 6.07) is 7.59. The molecule has 96 valence electrons. The maximum absolute atomic E-state index is 10.3. The summed E-state index contributed by atoms with van der Waals surface area (Å²) in [4.78, 5) is 10.3. The van der Waals surface area contributed by atoms with Gasteiger partial charge in [0.2, 0.25) is 0 Å². The Morgan fingerprint density at radius 3 is 2.59 bits per heavy atom. The second-order valence-corrected chi connectivity index (χ2v) is 3.56. The summed E-state index contributed by atoms with van der Waals surface area (Å²) in [6.07, 6.45) is 1.06. The molecule has 0 bridgehead atoms. The highest BCUT2D eigenvalue weighted by atomic mass is 16.5. The second-order valence-electron chi connectivity index (χ2n) is 3.56. The zero-order chi connectivity index (χ0) is 13.3. The first kappa shape index (κ1) is 15.5. The van der Waals surface area contributed by atoms with Crippen LogP contribution in [0.2, 0.25) is 0 Å². The minimum atomic E-state index is -0.955. The Morgan fingerprint density at radius 1 is 1.41 bits per heavy atom. The number of carboxylic acid groups (broad SMARTS) is 1. The average molecular weight is 238 g/mol. The van der Waals surface area contributed by atoms with E-state index in [9.17, 15) is 4.79 Å². The van der Waals surface area contributed by atoms with E-state index in [-0.39, 0.29) is 6.61 Å². The Hall–Kier alpha value is -1.51. The third-order valence-electron chi connectivity index (χ3n) is 2.40. The Bertz CT molecular complexity index is 334. The molecule has 0 aliphatic carbocycles. The van der Waals surface area contributed by atoms with Crippen molar-refractivity contribution in [3.05, 3.63) is 29.8 Å². The fourth-order valence-electron chi connectivity index (χ4n) is 1.29. The van der Waals surface area contributed by atoms with Crippen LogP contribution in [-0.4, -0.2) is 17.7 Å². The van der Waals surface area contributed by atoms with Gasteiger partial charge in [0.05, 0.1) is 0 Å². The van der Waals surface area contributed by atoms with Crippen molar-refractivity contribution in [3.8, 4) is 5.75 Å². The van der Waals surface area contributed by atoms with Crippen LogP contribution in [-0.2, 0) is 4.79 Å². The van der Waals surface area contributed by atoms with Crippen molar-refractivity contribution in [1.82, 2.24) is 0 Å². The summed E-state index contributed by atoms with van der Waals surface area (Å²) in [5.41, 5.74) is 1.18. The fourth-order valence-corrected chi connectivity index (χ4v) is 1.29. The highest BCUT2D eigenvalue weighted by Crippen LogP contribution is 2.22. The van der Waals surface area contributed by atoms with Gasteiger partial charge in [-0.15, -0.1) is 0 Å². The minimum absolute atomic E-state index is 0.288. The molecule has 1 atom stereocenters. The number of hydrogen-bond donors (Lipinski definition) is 1. The summed E-state index contributed by atoms with van der Waals surface area (Å²) in [7, 11) is 0. The van der Waals surface area contributed by atoms with Gasteiger partial charge in [0.15, 0.2) is 6.61 Å². The molecule has 1 unspecified atom stereocenters.